The first kappa shape index (κ1) is 19.6. The molecule has 0 spiro atoms. The molecule has 3 fully saturated rings. The molecule has 4 aliphatic rings. The normalized spacial score (nSPS) is 34.1. The summed E-state index contributed by atoms with van der Waals surface area (Å²) in [5, 5.41) is 11.3. The fraction of sp³-hybridized carbons (Fsp3) is 0.391. The molecule has 2 bridgehead atoms. The molecule has 2 aliphatic carbocycles. The van der Waals surface area contributed by atoms with Crippen LogP contribution in [0.2, 0.25) is 0 Å². The maximum Gasteiger partial charge on any atom is 0.323 e. The minimum absolute atomic E-state index is 0.00509. The summed E-state index contributed by atoms with van der Waals surface area (Å²) in [5.41, 5.74) is 2.13. The van der Waals surface area contributed by atoms with Crippen molar-refractivity contribution in [2.24, 2.45) is 29.6 Å². The topological polar surface area (TPSA) is 123 Å². The second-order valence-electron chi connectivity index (χ2n) is 9.41. The summed E-state index contributed by atoms with van der Waals surface area (Å²) in [4.78, 5) is 58.2. The third-order valence-corrected chi connectivity index (χ3v) is 10.7. The van der Waals surface area contributed by atoms with Crippen molar-refractivity contribution in [3.63, 3.8) is 0 Å². The van der Waals surface area contributed by atoms with Gasteiger partial charge in [0.15, 0.2) is 0 Å². The van der Waals surface area contributed by atoms with Crippen LogP contribution in [0.5, 0.6) is 0 Å². The molecule has 0 unspecified atom stereocenters. The van der Waals surface area contributed by atoms with Gasteiger partial charge < -0.3 is 15.1 Å². The molecule has 8 nitrogen and oxygen atoms in total. The zero-order chi connectivity index (χ0) is 22.6. The average molecular weight is 482 g/mol. The van der Waals surface area contributed by atoms with Crippen LogP contribution in [0.15, 0.2) is 40.3 Å². The van der Waals surface area contributed by atoms with E-state index >= 15 is 0 Å². The SMILES string of the molecule is O=C(O)CN1C(=O)[C@@H]2[C@H]3C[C@@H]([C@@H]2C1=O)[C@@H]1[C@H](c2c[nH]c4ccccc24)c2sc(=O)[nH]c2S[C@@H]31. The van der Waals surface area contributed by atoms with Crippen LogP contribution in [-0.2, 0) is 14.4 Å². The minimum atomic E-state index is -1.17. The molecule has 7 atom stereocenters. The Hall–Kier alpha value is -2.85. The fourth-order valence-corrected chi connectivity index (χ4v) is 9.95. The number of hydrogen-bond acceptors (Lipinski definition) is 6. The monoisotopic (exact) mass is 481 g/mol. The first-order valence-corrected chi connectivity index (χ1v) is 12.7. The Labute approximate surface area is 195 Å². The van der Waals surface area contributed by atoms with Crippen molar-refractivity contribution in [1.29, 1.82) is 0 Å². The molecule has 1 aromatic carbocycles. The first-order valence-electron chi connectivity index (χ1n) is 11.0. The third kappa shape index (κ3) is 2.48. The molecule has 3 aromatic rings. The van der Waals surface area contributed by atoms with Gasteiger partial charge in [0.05, 0.1) is 16.9 Å². The molecule has 1 saturated heterocycles. The summed E-state index contributed by atoms with van der Waals surface area (Å²) in [6, 6.07) is 8.06. The molecule has 3 N–H and O–H groups in total. The van der Waals surface area contributed by atoms with Crippen LogP contribution >= 0.6 is 23.1 Å². The first-order chi connectivity index (χ1) is 15.9. The number of likely N-dealkylation sites (tertiary alicyclic amines) is 1. The van der Waals surface area contributed by atoms with E-state index in [1.54, 1.807) is 11.8 Å². The summed E-state index contributed by atoms with van der Waals surface area (Å²) < 4.78 is 0. The van der Waals surface area contributed by atoms with Gasteiger partial charge in [0.25, 0.3) is 0 Å². The van der Waals surface area contributed by atoms with Crippen LogP contribution in [-0.4, -0.2) is 49.6 Å². The second kappa shape index (κ2) is 6.60. The van der Waals surface area contributed by atoms with Gasteiger partial charge in [-0.3, -0.25) is 24.1 Å². The molecule has 168 valence electrons. The summed E-state index contributed by atoms with van der Waals surface area (Å²) in [6.45, 7) is -0.570. The molecule has 2 aliphatic heterocycles. The summed E-state index contributed by atoms with van der Waals surface area (Å²) in [7, 11) is 0. The number of carboxylic acids is 1. The lowest BCUT2D eigenvalue weighted by atomic mass is 9.68. The lowest BCUT2D eigenvalue weighted by Crippen LogP contribution is -2.42. The van der Waals surface area contributed by atoms with E-state index in [-0.39, 0.29) is 45.6 Å². The van der Waals surface area contributed by atoms with E-state index < -0.39 is 24.3 Å². The number of rotatable bonds is 3. The van der Waals surface area contributed by atoms with E-state index in [0.717, 1.165) is 37.7 Å². The Balaban J connectivity index is 1.38. The average Bonchev–Trinajstić information content (AvgIpc) is 3.57. The van der Waals surface area contributed by atoms with Gasteiger partial charge in [-0.05, 0) is 35.8 Å². The Morgan fingerprint density at radius 1 is 1.12 bits per heavy atom. The van der Waals surface area contributed by atoms with Crippen molar-refractivity contribution in [3.05, 3.63) is 50.6 Å². The Morgan fingerprint density at radius 3 is 2.67 bits per heavy atom. The standard InChI is InChI=1S/C23H19N3O5S2/c27-13(28)7-26-21(29)16-9-5-10(17(16)22(26)30)18-14(9)15(19-20(32-18)25-23(31)33-19)11-6-24-12-4-2-1-3-8(11)12/h1-4,6,9-10,14-18,24H,5,7H2,(H,25,31)(H,27,28)/t9-,10-,14-,15+,16+,17-,18+/m1/s1. The van der Waals surface area contributed by atoms with Gasteiger partial charge in [-0.1, -0.05) is 29.5 Å². The smallest absolute Gasteiger partial charge is 0.323 e. The molecule has 7 rings (SSSR count). The van der Waals surface area contributed by atoms with Gasteiger partial charge >= 0.3 is 10.8 Å². The Kier molecular flexibility index (Phi) is 3.92. The van der Waals surface area contributed by atoms with Crippen LogP contribution in [0.4, 0.5) is 0 Å². The van der Waals surface area contributed by atoms with Crippen molar-refractivity contribution in [1.82, 2.24) is 14.9 Å². The van der Waals surface area contributed by atoms with E-state index in [2.05, 4.69) is 16.0 Å². The molecule has 2 aromatic heterocycles. The summed E-state index contributed by atoms with van der Waals surface area (Å²) >= 11 is 2.86. The maximum absolute atomic E-state index is 13.2. The lowest BCUT2D eigenvalue weighted by Gasteiger charge is -2.42. The van der Waals surface area contributed by atoms with E-state index in [1.165, 1.54) is 11.3 Å². The number of H-pyrrole nitrogens is 2. The molecule has 10 heteroatoms. The van der Waals surface area contributed by atoms with Gasteiger partial charge in [-0.2, -0.15) is 0 Å². The summed E-state index contributed by atoms with van der Waals surface area (Å²) in [6.07, 6.45) is 2.80. The number of nitrogens with one attached hydrogen (secondary N) is 2. The molecular weight excluding hydrogens is 462 g/mol. The number of aromatic amines is 2. The number of thioether (sulfide) groups is 1. The zero-order valence-electron chi connectivity index (χ0n) is 17.2. The number of aromatic nitrogens is 2. The number of carboxylic acid groups (broad SMARTS) is 1. The maximum atomic E-state index is 13.2. The highest BCUT2D eigenvalue weighted by Gasteiger charge is 2.69. The molecule has 0 radical (unpaired) electrons. The number of nitrogens with zero attached hydrogens (tertiary/aromatic N) is 1. The number of fused-ring (bicyclic) bond motifs is 10. The number of thiazole rings is 1. The predicted octanol–water partition coefficient (Wildman–Crippen LogP) is 2.48. The number of carbonyl (C=O) groups is 3. The summed E-state index contributed by atoms with van der Waals surface area (Å²) in [5.74, 6) is -2.75. The van der Waals surface area contributed by atoms with E-state index in [9.17, 15) is 24.3 Å². The van der Waals surface area contributed by atoms with Crippen LogP contribution in [0, 0.1) is 29.6 Å². The Bertz CT molecular complexity index is 1420. The van der Waals surface area contributed by atoms with Crippen LogP contribution in [0.1, 0.15) is 22.8 Å². The fourth-order valence-electron chi connectivity index (χ4n) is 7.07. The highest BCUT2D eigenvalue weighted by atomic mass is 32.2. The van der Waals surface area contributed by atoms with Crippen molar-refractivity contribution < 1.29 is 19.5 Å². The second-order valence-corrected chi connectivity index (χ2v) is 11.6. The number of carbonyl (C=O) groups excluding carboxylic acids is 2. The van der Waals surface area contributed by atoms with Gasteiger partial charge in [-0.15, -0.1) is 11.8 Å². The number of benzene rings is 1. The van der Waals surface area contributed by atoms with Crippen molar-refractivity contribution in [3.8, 4) is 0 Å². The van der Waals surface area contributed by atoms with E-state index in [4.69, 9.17) is 0 Å². The van der Waals surface area contributed by atoms with Gasteiger partial charge in [0.2, 0.25) is 11.8 Å². The molecule has 2 saturated carbocycles. The number of para-hydroxylation sites is 1. The van der Waals surface area contributed by atoms with Crippen LogP contribution in [0.25, 0.3) is 10.9 Å². The molecular formula is C23H19N3O5S2. The highest BCUT2D eigenvalue weighted by Crippen LogP contribution is 2.68. The predicted molar refractivity (Wildman–Crippen MR) is 121 cm³/mol. The third-order valence-electron chi connectivity index (χ3n) is 8.06. The van der Waals surface area contributed by atoms with Crippen molar-refractivity contribution >= 4 is 51.8 Å². The Morgan fingerprint density at radius 2 is 1.88 bits per heavy atom. The highest BCUT2D eigenvalue weighted by molar-refractivity contribution is 8.00. The van der Waals surface area contributed by atoms with Gasteiger partial charge in [-0.25, -0.2) is 0 Å². The number of aliphatic carboxylic acids is 1. The van der Waals surface area contributed by atoms with E-state index in [0.29, 0.717) is 0 Å². The molecule has 33 heavy (non-hydrogen) atoms. The van der Waals surface area contributed by atoms with Crippen LogP contribution in [0.3, 0.4) is 0 Å². The number of imide groups is 1. The minimum Gasteiger partial charge on any atom is -0.480 e. The van der Waals surface area contributed by atoms with Crippen LogP contribution < -0.4 is 4.87 Å². The molecule has 2 amide bonds. The van der Waals surface area contributed by atoms with Crippen molar-refractivity contribution in [2.75, 3.05) is 6.54 Å². The lowest BCUT2D eigenvalue weighted by molar-refractivity contribution is -0.149. The van der Waals surface area contributed by atoms with Gasteiger partial charge in [0.1, 0.15) is 6.54 Å². The van der Waals surface area contributed by atoms with E-state index in [1.807, 2.05) is 24.4 Å². The van der Waals surface area contributed by atoms with Crippen molar-refractivity contribution in [2.45, 2.75) is 22.6 Å². The quantitative estimate of drug-likeness (QED) is 0.494. The zero-order valence-corrected chi connectivity index (χ0v) is 18.8. The number of amides is 2. The van der Waals surface area contributed by atoms with Gasteiger partial charge in [0, 0.05) is 33.1 Å². The number of hydrogen-bond donors (Lipinski definition) is 3. The largest absolute Gasteiger partial charge is 0.480 e. The molecule has 4 heterocycles.